The number of esters is 1. The van der Waals surface area contributed by atoms with Crippen LogP contribution in [0.2, 0.25) is 5.02 Å². The summed E-state index contributed by atoms with van der Waals surface area (Å²) in [5.41, 5.74) is -0.430. The molecule has 10 heteroatoms. The van der Waals surface area contributed by atoms with Crippen molar-refractivity contribution in [3.8, 4) is 0 Å². The molecule has 0 saturated heterocycles. The molecule has 1 aliphatic carbocycles. The number of nitrogens with zero attached hydrogens (tertiary/aromatic N) is 1. The van der Waals surface area contributed by atoms with E-state index in [1.165, 1.54) is 12.1 Å². The van der Waals surface area contributed by atoms with Crippen LogP contribution in [0.25, 0.3) is 0 Å². The molecule has 9 nitrogen and oxygen atoms in total. The summed E-state index contributed by atoms with van der Waals surface area (Å²) < 4.78 is 4.98. The molecule has 0 unspecified atom stereocenters. The zero-order valence-corrected chi connectivity index (χ0v) is 15.6. The highest BCUT2D eigenvalue weighted by Crippen LogP contribution is 2.25. The fourth-order valence-electron chi connectivity index (χ4n) is 2.24. The van der Waals surface area contributed by atoms with Crippen LogP contribution in [0.5, 0.6) is 0 Å². The lowest BCUT2D eigenvalue weighted by atomic mass is 10.0. The monoisotopic (exact) mass is 397 g/mol. The lowest BCUT2D eigenvalue weighted by molar-refractivity contribution is -0.384. The number of halogens is 1. The molecule has 2 amide bonds. The maximum atomic E-state index is 12.4. The second-order valence-corrected chi connectivity index (χ2v) is 6.98. The quantitative estimate of drug-likeness (QED) is 0.391. The molecule has 146 valence electrons. The molecule has 0 bridgehead atoms. The molecule has 1 saturated carbocycles. The van der Waals surface area contributed by atoms with Crippen LogP contribution in [-0.4, -0.2) is 41.4 Å². The first-order valence-corrected chi connectivity index (χ1v) is 8.77. The Bertz CT molecular complexity index is 763. The number of carbonyl (C=O) groups is 3. The Morgan fingerprint density at radius 3 is 2.56 bits per heavy atom. The van der Waals surface area contributed by atoms with E-state index < -0.39 is 41.0 Å². The minimum atomic E-state index is -1.01. The molecule has 2 N–H and O–H groups in total. The van der Waals surface area contributed by atoms with Gasteiger partial charge in [-0.1, -0.05) is 25.4 Å². The van der Waals surface area contributed by atoms with Gasteiger partial charge in [0.15, 0.2) is 6.61 Å². The number of hydrogen-bond acceptors (Lipinski definition) is 6. The Balaban J connectivity index is 2.00. The molecule has 0 radical (unpaired) electrons. The smallest absolute Gasteiger partial charge is 0.329 e. The Labute approximate surface area is 160 Å². The summed E-state index contributed by atoms with van der Waals surface area (Å²) in [7, 11) is 0. The summed E-state index contributed by atoms with van der Waals surface area (Å²) in [5.74, 6) is -2.16. The second-order valence-electron chi connectivity index (χ2n) is 6.57. The van der Waals surface area contributed by atoms with Crippen LogP contribution in [0.15, 0.2) is 18.2 Å². The van der Waals surface area contributed by atoms with Crippen molar-refractivity contribution in [3.63, 3.8) is 0 Å². The number of nitro benzene ring substituents is 1. The van der Waals surface area contributed by atoms with Gasteiger partial charge in [-0.25, -0.2) is 4.79 Å². The van der Waals surface area contributed by atoms with E-state index >= 15 is 0 Å². The van der Waals surface area contributed by atoms with Crippen molar-refractivity contribution in [3.05, 3.63) is 38.9 Å². The van der Waals surface area contributed by atoms with Crippen molar-refractivity contribution in [2.45, 2.75) is 38.8 Å². The summed E-state index contributed by atoms with van der Waals surface area (Å²) in [5, 5.41) is 16.0. The molecule has 0 aliphatic heterocycles. The number of rotatable bonds is 8. The van der Waals surface area contributed by atoms with E-state index in [0.29, 0.717) is 0 Å². The summed E-state index contributed by atoms with van der Waals surface area (Å²) in [6, 6.07) is 2.72. The largest absolute Gasteiger partial charge is 0.454 e. The van der Waals surface area contributed by atoms with Gasteiger partial charge in [0.2, 0.25) is 0 Å². The van der Waals surface area contributed by atoms with Gasteiger partial charge in [0.1, 0.15) is 11.1 Å². The fraction of sp³-hybridized carbons (Fsp3) is 0.471. The number of ether oxygens (including phenoxy) is 1. The molecule has 0 heterocycles. The number of amides is 2. The molecule has 1 aromatic carbocycles. The second kappa shape index (κ2) is 8.81. The molecular weight excluding hydrogens is 378 g/mol. The maximum Gasteiger partial charge on any atom is 0.329 e. The zero-order valence-electron chi connectivity index (χ0n) is 14.9. The molecule has 2 rings (SSSR count). The van der Waals surface area contributed by atoms with Gasteiger partial charge in [-0.05, 0) is 30.9 Å². The predicted octanol–water partition coefficient (Wildman–Crippen LogP) is 1.82. The number of nitrogens with one attached hydrogen (secondary N) is 2. The molecule has 1 fully saturated rings. The van der Waals surface area contributed by atoms with E-state index in [2.05, 4.69) is 10.6 Å². The van der Waals surface area contributed by atoms with Gasteiger partial charge >= 0.3 is 5.97 Å². The van der Waals surface area contributed by atoms with Crippen LogP contribution in [0.1, 0.15) is 37.0 Å². The molecule has 0 aromatic heterocycles. The number of carbonyl (C=O) groups excluding carboxylic acids is 3. The van der Waals surface area contributed by atoms with Gasteiger partial charge in [-0.3, -0.25) is 19.7 Å². The van der Waals surface area contributed by atoms with Crippen molar-refractivity contribution in [2.75, 3.05) is 6.61 Å². The minimum absolute atomic E-state index is 0.0176. The molecular formula is C17H20ClN3O6. The molecule has 27 heavy (non-hydrogen) atoms. The van der Waals surface area contributed by atoms with Crippen LogP contribution in [0.4, 0.5) is 5.69 Å². The van der Waals surface area contributed by atoms with Crippen LogP contribution >= 0.6 is 11.6 Å². The summed E-state index contributed by atoms with van der Waals surface area (Å²) in [6.45, 7) is 2.96. The first kappa shape index (κ1) is 20.6. The Morgan fingerprint density at radius 1 is 1.33 bits per heavy atom. The van der Waals surface area contributed by atoms with Crippen LogP contribution < -0.4 is 10.6 Å². The van der Waals surface area contributed by atoms with Gasteiger partial charge in [0.05, 0.1) is 4.92 Å². The van der Waals surface area contributed by atoms with E-state index in [0.717, 1.165) is 18.9 Å². The number of hydrogen-bond donors (Lipinski definition) is 2. The van der Waals surface area contributed by atoms with Crippen LogP contribution in [-0.2, 0) is 14.3 Å². The Kier molecular flexibility index (Phi) is 6.73. The average Bonchev–Trinajstić information content (AvgIpc) is 3.41. The Morgan fingerprint density at radius 2 is 2.00 bits per heavy atom. The minimum Gasteiger partial charge on any atom is -0.454 e. The topological polar surface area (TPSA) is 128 Å². The van der Waals surface area contributed by atoms with E-state index in [1.807, 2.05) is 0 Å². The highest BCUT2D eigenvalue weighted by atomic mass is 35.5. The molecule has 1 aromatic rings. The van der Waals surface area contributed by atoms with Gasteiger partial charge in [-0.15, -0.1) is 0 Å². The highest BCUT2D eigenvalue weighted by Gasteiger charge is 2.28. The lowest BCUT2D eigenvalue weighted by Gasteiger charge is -2.20. The number of benzene rings is 1. The van der Waals surface area contributed by atoms with E-state index in [-0.39, 0.29) is 22.5 Å². The fourth-order valence-corrected chi connectivity index (χ4v) is 2.43. The van der Waals surface area contributed by atoms with Gasteiger partial charge < -0.3 is 15.4 Å². The standard InChI is InChI=1S/C17H20ClN3O6/c1-9(2)15(17(24)27-8-14(22)19-11-4-5-11)20-16(23)10-3-6-12(18)13(7-10)21(25)26/h3,6-7,9,11,15H,4-5,8H2,1-2H3,(H,19,22)(H,20,23)/t15-/m0/s1. The third kappa shape index (κ3) is 5.92. The first-order chi connectivity index (χ1) is 12.7. The van der Waals surface area contributed by atoms with Gasteiger partial charge in [0, 0.05) is 17.7 Å². The highest BCUT2D eigenvalue weighted by molar-refractivity contribution is 6.32. The summed E-state index contributed by atoms with van der Waals surface area (Å²) in [6.07, 6.45) is 1.83. The van der Waals surface area contributed by atoms with E-state index in [4.69, 9.17) is 16.3 Å². The number of nitro groups is 1. The summed E-state index contributed by atoms with van der Waals surface area (Å²) >= 11 is 5.73. The molecule has 0 spiro atoms. The average molecular weight is 398 g/mol. The third-order valence-corrected chi connectivity index (χ3v) is 4.22. The van der Waals surface area contributed by atoms with Crippen molar-refractivity contribution in [1.82, 2.24) is 10.6 Å². The van der Waals surface area contributed by atoms with Crippen LogP contribution in [0, 0.1) is 16.0 Å². The Hall–Kier alpha value is -2.68. The maximum absolute atomic E-state index is 12.4. The molecule has 1 atom stereocenters. The normalized spacial score (nSPS) is 14.4. The lowest BCUT2D eigenvalue weighted by Crippen LogP contribution is -2.46. The summed E-state index contributed by atoms with van der Waals surface area (Å²) in [4.78, 5) is 46.5. The van der Waals surface area contributed by atoms with Crippen molar-refractivity contribution in [1.29, 1.82) is 0 Å². The van der Waals surface area contributed by atoms with Crippen molar-refractivity contribution in [2.24, 2.45) is 5.92 Å². The van der Waals surface area contributed by atoms with E-state index in [9.17, 15) is 24.5 Å². The molecule has 1 aliphatic rings. The first-order valence-electron chi connectivity index (χ1n) is 8.40. The third-order valence-electron chi connectivity index (χ3n) is 3.90. The van der Waals surface area contributed by atoms with E-state index in [1.54, 1.807) is 13.8 Å². The van der Waals surface area contributed by atoms with Crippen LogP contribution in [0.3, 0.4) is 0 Å². The predicted molar refractivity (Wildman–Crippen MR) is 96.3 cm³/mol. The zero-order chi connectivity index (χ0) is 20.1. The van der Waals surface area contributed by atoms with Gasteiger partial charge in [-0.2, -0.15) is 0 Å². The van der Waals surface area contributed by atoms with Crippen molar-refractivity contribution >= 4 is 35.1 Å². The van der Waals surface area contributed by atoms with Gasteiger partial charge in [0.25, 0.3) is 17.5 Å². The SMILES string of the molecule is CC(C)[C@H](NC(=O)c1ccc(Cl)c([N+](=O)[O-])c1)C(=O)OCC(=O)NC1CC1. The van der Waals surface area contributed by atoms with Crippen molar-refractivity contribution < 1.29 is 24.0 Å².